The van der Waals surface area contributed by atoms with E-state index in [1.54, 1.807) is 12.1 Å². The van der Waals surface area contributed by atoms with Crippen LogP contribution in [0.1, 0.15) is 10.8 Å². The molecule has 0 bridgehead atoms. The van der Waals surface area contributed by atoms with Crippen molar-refractivity contribution in [2.24, 2.45) is 0 Å². The molecule has 0 spiro atoms. The quantitative estimate of drug-likeness (QED) is 0.399. The summed E-state index contributed by atoms with van der Waals surface area (Å²) in [6.07, 6.45) is 0. The molecule has 1 aromatic carbocycles. The van der Waals surface area contributed by atoms with Gasteiger partial charge in [-0.15, -0.1) is 0 Å². The molecule has 0 saturated carbocycles. The fraction of sp³-hybridized carbons (Fsp3) is 0.250. The Morgan fingerprint density at radius 2 is 2.00 bits per heavy atom. The Bertz CT molecular complexity index is 305. The zero-order valence-corrected chi connectivity index (χ0v) is 7.08. The molecular formula is C8H7NO2S. The van der Waals surface area contributed by atoms with Gasteiger partial charge in [0.05, 0.1) is 4.92 Å². The molecule has 4 heteroatoms. The molecule has 0 aromatic heterocycles. The molecule has 0 N–H and O–H groups in total. The number of benzene rings is 1. The predicted octanol–water partition coefficient (Wildman–Crippen LogP) is 2.38. The van der Waals surface area contributed by atoms with Gasteiger partial charge in [0.1, 0.15) is 0 Å². The van der Waals surface area contributed by atoms with Crippen LogP contribution in [0.15, 0.2) is 24.3 Å². The third-order valence-electron chi connectivity index (χ3n) is 1.81. The topological polar surface area (TPSA) is 43.1 Å². The van der Waals surface area contributed by atoms with Crippen LogP contribution in [0.4, 0.5) is 5.69 Å². The summed E-state index contributed by atoms with van der Waals surface area (Å²) in [6.45, 7) is 0. The largest absolute Gasteiger partial charge is 0.269 e. The molecule has 0 radical (unpaired) electrons. The Morgan fingerprint density at radius 1 is 1.42 bits per heavy atom. The van der Waals surface area contributed by atoms with E-state index in [0.29, 0.717) is 5.25 Å². The molecule has 12 heavy (non-hydrogen) atoms. The van der Waals surface area contributed by atoms with Crippen molar-refractivity contribution in [2.75, 3.05) is 5.75 Å². The van der Waals surface area contributed by atoms with Crippen molar-refractivity contribution in [1.82, 2.24) is 0 Å². The van der Waals surface area contributed by atoms with Crippen molar-refractivity contribution in [1.29, 1.82) is 0 Å². The predicted molar refractivity (Wildman–Crippen MR) is 48.3 cm³/mol. The van der Waals surface area contributed by atoms with Crippen LogP contribution in [0.25, 0.3) is 0 Å². The zero-order chi connectivity index (χ0) is 8.55. The van der Waals surface area contributed by atoms with E-state index in [-0.39, 0.29) is 10.6 Å². The highest BCUT2D eigenvalue weighted by Gasteiger charge is 2.24. The summed E-state index contributed by atoms with van der Waals surface area (Å²) in [5.74, 6) is 1.15. The number of rotatable bonds is 2. The van der Waals surface area contributed by atoms with Crippen LogP contribution in [0.5, 0.6) is 0 Å². The molecular weight excluding hydrogens is 174 g/mol. The first-order chi connectivity index (χ1) is 5.77. The minimum atomic E-state index is -0.371. The third kappa shape index (κ3) is 1.43. The third-order valence-corrected chi connectivity index (χ3v) is 2.75. The van der Waals surface area contributed by atoms with E-state index in [9.17, 15) is 10.1 Å². The van der Waals surface area contributed by atoms with Crippen LogP contribution in [-0.2, 0) is 0 Å². The van der Waals surface area contributed by atoms with Crippen LogP contribution < -0.4 is 0 Å². The van der Waals surface area contributed by atoms with E-state index in [1.165, 1.54) is 5.56 Å². The summed E-state index contributed by atoms with van der Waals surface area (Å²) in [5, 5.41) is 10.9. The summed E-state index contributed by atoms with van der Waals surface area (Å²) < 4.78 is 0. The second-order valence-corrected chi connectivity index (χ2v) is 3.91. The Kier molecular flexibility index (Phi) is 1.77. The first-order valence-electron chi connectivity index (χ1n) is 3.63. The summed E-state index contributed by atoms with van der Waals surface area (Å²) >= 11 is 1.87. The minimum absolute atomic E-state index is 0.171. The van der Waals surface area contributed by atoms with Gasteiger partial charge < -0.3 is 0 Å². The molecule has 1 fully saturated rings. The lowest BCUT2D eigenvalue weighted by Crippen LogP contribution is -1.87. The Hall–Kier alpha value is -1.03. The molecule has 2 rings (SSSR count). The van der Waals surface area contributed by atoms with E-state index < -0.39 is 0 Å². The van der Waals surface area contributed by atoms with Crippen molar-refractivity contribution >= 4 is 17.4 Å². The second-order valence-electron chi connectivity index (χ2n) is 2.67. The maximum absolute atomic E-state index is 10.3. The van der Waals surface area contributed by atoms with E-state index in [4.69, 9.17) is 0 Å². The first kappa shape index (κ1) is 7.61. The van der Waals surface area contributed by atoms with Gasteiger partial charge >= 0.3 is 0 Å². The highest BCUT2D eigenvalue weighted by molar-refractivity contribution is 8.06. The van der Waals surface area contributed by atoms with Gasteiger partial charge in [0.2, 0.25) is 0 Å². The van der Waals surface area contributed by atoms with Gasteiger partial charge in [-0.3, -0.25) is 10.1 Å². The molecule has 1 unspecified atom stereocenters. The second kappa shape index (κ2) is 2.79. The van der Waals surface area contributed by atoms with Crippen molar-refractivity contribution in [3.63, 3.8) is 0 Å². The number of nitrogens with zero attached hydrogens (tertiary/aromatic N) is 1. The number of nitro benzene ring substituents is 1. The first-order valence-corrected chi connectivity index (χ1v) is 4.68. The maximum atomic E-state index is 10.3. The van der Waals surface area contributed by atoms with Gasteiger partial charge in [0, 0.05) is 23.1 Å². The normalized spacial score (nSPS) is 20.5. The molecule has 1 saturated heterocycles. The average molecular weight is 181 g/mol. The number of hydrogen-bond acceptors (Lipinski definition) is 3. The van der Waals surface area contributed by atoms with Crippen LogP contribution in [-0.4, -0.2) is 10.7 Å². The maximum Gasteiger partial charge on any atom is 0.269 e. The smallest absolute Gasteiger partial charge is 0.258 e. The SMILES string of the molecule is O=[N+]([O-])c1ccc(C2CS2)cc1. The fourth-order valence-electron chi connectivity index (χ4n) is 1.05. The summed E-state index contributed by atoms with van der Waals surface area (Å²) in [5.41, 5.74) is 1.37. The van der Waals surface area contributed by atoms with Crippen molar-refractivity contribution in [2.45, 2.75) is 5.25 Å². The van der Waals surface area contributed by atoms with E-state index in [0.717, 1.165) is 5.75 Å². The molecule has 1 aliphatic rings. The van der Waals surface area contributed by atoms with Gasteiger partial charge in [-0.05, 0) is 5.56 Å². The standard InChI is InChI=1S/C8H7NO2S/c10-9(11)7-3-1-6(2-4-7)8-5-12-8/h1-4,8H,5H2. The number of nitro groups is 1. The van der Waals surface area contributed by atoms with Crippen molar-refractivity contribution in [3.8, 4) is 0 Å². The van der Waals surface area contributed by atoms with E-state index in [2.05, 4.69) is 0 Å². The van der Waals surface area contributed by atoms with Crippen LogP contribution in [0.3, 0.4) is 0 Å². The lowest BCUT2D eigenvalue weighted by atomic mass is 10.1. The molecule has 1 aromatic rings. The number of hydrogen-bond donors (Lipinski definition) is 0. The number of thioether (sulfide) groups is 1. The number of non-ortho nitro benzene ring substituents is 1. The molecule has 0 amide bonds. The van der Waals surface area contributed by atoms with Gasteiger partial charge in [-0.25, -0.2) is 0 Å². The lowest BCUT2D eigenvalue weighted by Gasteiger charge is -1.94. The van der Waals surface area contributed by atoms with Gasteiger partial charge in [0.25, 0.3) is 5.69 Å². The molecule has 0 aliphatic carbocycles. The van der Waals surface area contributed by atoms with E-state index in [1.807, 2.05) is 23.9 Å². The van der Waals surface area contributed by atoms with Crippen molar-refractivity contribution < 1.29 is 4.92 Å². The van der Waals surface area contributed by atoms with Crippen LogP contribution in [0.2, 0.25) is 0 Å². The average Bonchev–Trinajstić information content (AvgIpc) is 2.87. The van der Waals surface area contributed by atoms with E-state index >= 15 is 0 Å². The molecule has 1 aliphatic heterocycles. The Morgan fingerprint density at radius 3 is 2.42 bits per heavy atom. The Balaban J connectivity index is 2.24. The molecule has 62 valence electrons. The highest BCUT2D eigenvalue weighted by Crippen LogP contribution is 2.46. The molecule has 1 heterocycles. The summed E-state index contributed by atoms with van der Waals surface area (Å²) in [4.78, 5) is 9.93. The highest BCUT2D eigenvalue weighted by atomic mass is 32.2. The van der Waals surface area contributed by atoms with Gasteiger partial charge in [0.15, 0.2) is 0 Å². The summed E-state index contributed by atoms with van der Waals surface area (Å²) in [6, 6.07) is 6.80. The zero-order valence-electron chi connectivity index (χ0n) is 6.27. The monoisotopic (exact) mass is 181 g/mol. The van der Waals surface area contributed by atoms with Crippen LogP contribution in [0, 0.1) is 10.1 Å². The van der Waals surface area contributed by atoms with Crippen LogP contribution >= 0.6 is 11.8 Å². The van der Waals surface area contributed by atoms with Crippen molar-refractivity contribution in [3.05, 3.63) is 39.9 Å². The Labute approximate surface area is 73.9 Å². The van der Waals surface area contributed by atoms with Gasteiger partial charge in [-0.1, -0.05) is 12.1 Å². The summed E-state index contributed by atoms with van der Waals surface area (Å²) in [7, 11) is 0. The lowest BCUT2D eigenvalue weighted by molar-refractivity contribution is -0.384. The van der Waals surface area contributed by atoms with Gasteiger partial charge in [-0.2, -0.15) is 11.8 Å². The fourth-order valence-corrected chi connectivity index (χ4v) is 1.69. The molecule has 1 atom stereocenters. The molecule has 3 nitrogen and oxygen atoms in total. The minimum Gasteiger partial charge on any atom is -0.258 e.